The summed E-state index contributed by atoms with van der Waals surface area (Å²) in [5.41, 5.74) is 7.68. The van der Waals surface area contributed by atoms with Gasteiger partial charge in [0.25, 0.3) is 0 Å². The standard InChI is InChI=1S/C12H23N3O2S/c1-9-10(2)15(8-6-7-14(3)4)12(13)11(9)18(5,16)17/h6-8,13H2,1-5H3. The van der Waals surface area contributed by atoms with Crippen molar-refractivity contribution >= 4 is 15.7 Å². The van der Waals surface area contributed by atoms with E-state index in [9.17, 15) is 8.42 Å². The molecule has 104 valence electrons. The van der Waals surface area contributed by atoms with E-state index in [1.165, 1.54) is 6.26 Å². The van der Waals surface area contributed by atoms with Crippen LogP contribution in [0.1, 0.15) is 17.7 Å². The third kappa shape index (κ3) is 3.05. The normalized spacial score (nSPS) is 12.3. The van der Waals surface area contributed by atoms with Crippen molar-refractivity contribution in [1.29, 1.82) is 0 Å². The zero-order chi connectivity index (χ0) is 14.1. The lowest BCUT2D eigenvalue weighted by molar-refractivity contribution is 0.386. The molecule has 0 unspecified atom stereocenters. The van der Waals surface area contributed by atoms with E-state index in [4.69, 9.17) is 5.73 Å². The summed E-state index contributed by atoms with van der Waals surface area (Å²) in [4.78, 5) is 2.38. The lowest BCUT2D eigenvalue weighted by atomic mass is 10.3. The van der Waals surface area contributed by atoms with Crippen molar-refractivity contribution in [3.05, 3.63) is 11.3 Å². The topological polar surface area (TPSA) is 68.3 Å². The molecule has 0 atom stereocenters. The monoisotopic (exact) mass is 273 g/mol. The van der Waals surface area contributed by atoms with E-state index in [0.29, 0.717) is 5.82 Å². The van der Waals surface area contributed by atoms with E-state index >= 15 is 0 Å². The van der Waals surface area contributed by atoms with Gasteiger partial charge < -0.3 is 15.2 Å². The van der Waals surface area contributed by atoms with Crippen LogP contribution < -0.4 is 5.73 Å². The van der Waals surface area contributed by atoms with Crippen molar-refractivity contribution in [2.45, 2.75) is 31.7 Å². The molecule has 0 spiro atoms. The van der Waals surface area contributed by atoms with Crippen molar-refractivity contribution in [1.82, 2.24) is 9.47 Å². The highest BCUT2D eigenvalue weighted by atomic mass is 32.2. The van der Waals surface area contributed by atoms with Crippen LogP contribution in [-0.2, 0) is 16.4 Å². The molecule has 0 aliphatic heterocycles. The second kappa shape index (κ2) is 5.32. The summed E-state index contributed by atoms with van der Waals surface area (Å²) in [5, 5.41) is 0. The molecule has 0 aromatic carbocycles. The van der Waals surface area contributed by atoms with E-state index in [-0.39, 0.29) is 4.90 Å². The van der Waals surface area contributed by atoms with E-state index in [0.717, 1.165) is 30.8 Å². The maximum atomic E-state index is 11.7. The quantitative estimate of drug-likeness (QED) is 0.870. The summed E-state index contributed by atoms with van der Waals surface area (Å²) in [6.07, 6.45) is 2.14. The number of rotatable bonds is 5. The Morgan fingerprint density at radius 3 is 2.22 bits per heavy atom. The maximum absolute atomic E-state index is 11.7. The van der Waals surface area contributed by atoms with Gasteiger partial charge >= 0.3 is 0 Å². The molecule has 0 saturated carbocycles. The molecule has 5 nitrogen and oxygen atoms in total. The molecule has 1 aromatic heterocycles. The number of sulfone groups is 1. The van der Waals surface area contributed by atoms with E-state index in [1.54, 1.807) is 0 Å². The third-order valence-corrected chi connectivity index (χ3v) is 4.43. The predicted molar refractivity (Wildman–Crippen MR) is 74.6 cm³/mol. The Labute approximate surface area is 109 Å². The molecule has 6 heteroatoms. The molecule has 0 radical (unpaired) electrons. The zero-order valence-electron chi connectivity index (χ0n) is 11.8. The molecule has 0 aliphatic carbocycles. The summed E-state index contributed by atoms with van der Waals surface area (Å²) >= 11 is 0. The van der Waals surface area contributed by atoms with Gasteiger partial charge in [-0.1, -0.05) is 0 Å². The number of nitrogens with zero attached hydrogens (tertiary/aromatic N) is 2. The van der Waals surface area contributed by atoms with Crippen LogP contribution in [0.5, 0.6) is 0 Å². The molecule has 0 fully saturated rings. The zero-order valence-corrected chi connectivity index (χ0v) is 12.6. The van der Waals surface area contributed by atoms with Crippen LogP contribution in [0.2, 0.25) is 0 Å². The van der Waals surface area contributed by atoms with Crippen molar-refractivity contribution in [2.24, 2.45) is 0 Å². The highest BCUT2D eigenvalue weighted by Crippen LogP contribution is 2.28. The first-order chi connectivity index (χ1) is 8.16. The van der Waals surface area contributed by atoms with Gasteiger partial charge in [-0.05, 0) is 46.5 Å². The fourth-order valence-corrected chi connectivity index (χ4v) is 3.36. The molecule has 0 amide bonds. The first-order valence-electron chi connectivity index (χ1n) is 5.96. The molecule has 18 heavy (non-hydrogen) atoms. The van der Waals surface area contributed by atoms with Gasteiger partial charge in [-0.2, -0.15) is 0 Å². The number of nitrogens with two attached hydrogens (primary N) is 1. The van der Waals surface area contributed by atoms with E-state index in [2.05, 4.69) is 4.90 Å². The van der Waals surface area contributed by atoms with Gasteiger partial charge in [0.1, 0.15) is 10.7 Å². The van der Waals surface area contributed by atoms with E-state index in [1.807, 2.05) is 32.5 Å². The van der Waals surface area contributed by atoms with Crippen LogP contribution in [0, 0.1) is 13.8 Å². The number of hydrogen-bond acceptors (Lipinski definition) is 4. The molecular weight excluding hydrogens is 250 g/mol. The van der Waals surface area contributed by atoms with Gasteiger partial charge in [-0.3, -0.25) is 0 Å². The summed E-state index contributed by atoms with van der Waals surface area (Å²) < 4.78 is 25.3. The highest BCUT2D eigenvalue weighted by Gasteiger charge is 2.22. The minimum atomic E-state index is -3.26. The van der Waals surface area contributed by atoms with Gasteiger partial charge in [-0.15, -0.1) is 0 Å². The SMILES string of the molecule is Cc1c(S(C)(=O)=O)c(N)n(CCCN(C)C)c1C. The fraction of sp³-hybridized carbons (Fsp3) is 0.667. The van der Waals surface area contributed by atoms with Gasteiger partial charge in [-0.25, -0.2) is 8.42 Å². The number of nitrogen functional groups attached to an aromatic ring is 1. The molecule has 1 heterocycles. The first-order valence-corrected chi connectivity index (χ1v) is 7.85. The van der Waals surface area contributed by atoms with Gasteiger partial charge in [0.15, 0.2) is 9.84 Å². The third-order valence-electron chi connectivity index (χ3n) is 3.17. The molecular formula is C12H23N3O2S. The first kappa shape index (κ1) is 15.0. The summed E-state index contributed by atoms with van der Waals surface area (Å²) in [7, 11) is 0.762. The van der Waals surface area contributed by atoms with Crippen LogP contribution in [-0.4, -0.2) is 44.8 Å². The van der Waals surface area contributed by atoms with Crippen molar-refractivity contribution in [2.75, 3.05) is 32.6 Å². The molecule has 1 aromatic rings. The van der Waals surface area contributed by atoms with Crippen LogP contribution >= 0.6 is 0 Å². The molecule has 0 bridgehead atoms. The maximum Gasteiger partial charge on any atom is 0.179 e. The molecule has 2 N–H and O–H groups in total. The number of anilines is 1. The van der Waals surface area contributed by atoms with Crippen LogP contribution in [0.3, 0.4) is 0 Å². The number of aromatic nitrogens is 1. The lowest BCUT2D eigenvalue weighted by Crippen LogP contribution is -2.16. The van der Waals surface area contributed by atoms with Crippen molar-refractivity contribution in [3.63, 3.8) is 0 Å². The highest BCUT2D eigenvalue weighted by molar-refractivity contribution is 7.91. The number of hydrogen-bond donors (Lipinski definition) is 1. The minimum Gasteiger partial charge on any atom is -0.384 e. The smallest absolute Gasteiger partial charge is 0.179 e. The van der Waals surface area contributed by atoms with Gasteiger partial charge in [0, 0.05) is 18.5 Å². The Bertz CT molecular complexity index is 530. The van der Waals surface area contributed by atoms with Crippen LogP contribution in [0.4, 0.5) is 5.82 Å². The molecule has 1 rings (SSSR count). The van der Waals surface area contributed by atoms with Crippen molar-refractivity contribution < 1.29 is 8.42 Å². The Balaban J connectivity index is 3.08. The Morgan fingerprint density at radius 1 is 1.28 bits per heavy atom. The Morgan fingerprint density at radius 2 is 1.83 bits per heavy atom. The van der Waals surface area contributed by atoms with Gasteiger partial charge in [0.2, 0.25) is 0 Å². The average molecular weight is 273 g/mol. The second-order valence-electron chi connectivity index (χ2n) is 5.01. The second-order valence-corrected chi connectivity index (χ2v) is 6.96. The van der Waals surface area contributed by atoms with E-state index < -0.39 is 9.84 Å². The summed E-state index contributed by atoms with van der Waals surface area (Å²) in [5.74, 6) is 0.367. The van der Waals surface area contributed by atoms with Gasteiger partial charge in [0.05, 0.1) is 0 Å². The largest absolute Gasteiger partial charge is 0.384 e. The van der Waals surface area contributed by atoms with Crippen LogP contribution in [0.25, 0.3) is 0 Å². The van der Waals surface area contributed by atoms with Crippen LogP contribution in [0.15, 0.2) is 4.90 Å². The minimum absolute atomic E-state index is 0.282. The molecule has 0 saturated heterocycles. The van der Waals surface area contributed by atoms with Crippen molar-refractivity contribution in [3.8, 4) is 0 Å². The molecule has 0 aliphatic rings. The summed E-state index contributed by atoms with van der Waals surface area (Å²) in [6.45, 7) is 5.41. The average Bonchev–Trinajstić information content (AvgIpc) is 2.40. The Hall–Kier alpha value is -1.01. The lowest BCUT2D eigenvalue weighted by Gasteiger charge is -2.12. The predicted octanol–water partition coefficient (Wildman–Crippen LogP) is 1.04. The fourth-order valence-electron chi connectivity index (χ4n) is 2.16. The Kier molecular flexibility index (Phi) is 4.45. The summed E-state index contributed by atoms with van der Waals surface area (Å²) in [6, 6.07) is 0.